The SMILES string of the molecule is O=C(O)c1[nH]cc2c1OC1(CCCCC1)C(=O)N2. The van der Waals surface area contributed by atoms with E-state index >= 15 is 0 Å². The molecule has 1 spiro atoms. The number of rotatable bonds is 1. The molecule has 3 rings (SSSR count). The van der Waals surface area contributed by atoms with Gasteiger partial charge in [-0.1, -0.05) is 6.42 Å². The molecule has 0 saturated heterocycles. The molecule has 18 heavy (non-hydrogen) atoms. The molecule has 0 bridgehead atoms. The van der Waals surface area contributed by atoms with Gasteiger partial charge >= 0.3 is 5.97 Å². The summed E-state index contributed by atoms with van der Waals surface area (Å²) in [6.45, 7) is 0. The molecule has 1 aromatic heterocycles. The van der Waals surface area contributed by atoms with Gasteiger partial charge in [-0.15, -0.1) is 0 Å². The van der Waals surface area contributed by atoms with Crippen molar-refractivity contribution in [2.45, 2.75) is 37.7 Å². The quantitative estimate of drug-likeness (QED) is 0.708. The molecular weight excluding hydrogens is 236 g/mol. The molecule has 96 valence electrons. The summed E-state index contributed by atoms with van der Waals surface area (Å²) < 4.78 is 5.78. The summed E-state index contributed by atoms with van der Waals surface area (Å²) in [4.78, 5) is 25.8. The van der Waals surface area contributed by atoms with Crippen molar-refractivity contribution in [2.75, 3.05) is 5.32 Å². The third-order valence-electron chi connectivity index (χ3n) is 3.67. The number of carboxylic acid groups (broad SMARTS) is 1. The maximum Gasteiger partial charge on any atom is 0.356 e. The second-order valence-electron chi connectivity index (χ2n) is 4.82. The highest BCUT2D eigenvalue weighted by molar-refractivity contribution is 6.03. The number of hydrogen-bond donors (Lipinski definition) is 3. The van der Waals surface area contributed by atoms with E-state index < -0.39 is 11.6 Å². The van der Waals surface area contributed by atoms with Gasteiger partial charge in [-0.3, -0.25) is 4.79 Å². The number of nitrogens with one attached hydrogen (secondary N) is 2. The Morgan fingerprint density at radius 3 is 2.72 bits per heavy atom. The maximum atomic E-state index is 12.1. The molecule has 1 aliphatic heterocycles. The molecule has 0 radical (unpaired) electrons. The summed E-state index contributed by atoms with van der Waals surface area (Å²) in [6, 6.07) is 0. The molecule has 2 heterocycles. The lowest BCUT2D eigenvalue weighted by molar-refractivity contribution is -0.135. The second-order valence-corrected chi connectivity index (χ2v) is 4.82. The summed E-state index contributed by atoms with van der Waals surface area (Å²) >= 11 is 0. The van der Waals surface area contributed by atoms with Crippen molar-refractivity contribution in [3.8, 4) is 5.75 Å². The molecule has 3 N–H and O–H groups in total. The van der Waals surface area contributed by atoms with E-state index in [1.165, 1.54) is 6.20 Å². The molecule has 0 unspecified atom stereocenters. The average Bonchev–Trinajstić information content (AvgIpc) is 2.74. The highest BCUT2D eigenvalue weighted by Crippen LogP contribution is 2.42. The van der Waals surface area contributed by atoms with Crippen molar-refractivity contribution in [1.29, 1.82) is 0 Å². The molecule has 1 aliphatic carbocycles. The Kier molecular flexibility index (Phi) is 2.33. The molecule has 6 heteroatoms. The molecular formula is C12H14N2O4. The van der Waals surface area contributed by atoms with Gasteiger partial charge in [0.2, 0.25) is 0 Å². The molecule has 1 amide bonds. The van der Waals surface area contributed by atoms with Crippen molar-refractivity contribution in [3.63, 3.8) is 0 Å². The molecule has 1 fully saturated rings. The van der Waals surface area contributed by atoms with Crippen LogP contribution in [0.25, 0.3) is 0 Å². The first-order valence-electron chi connectivity index (χ1n) is 6.07. The Labute approximate surface area is 103 Å². The normalized spacial score (nSPS) is 21.0. The fourth-order valence-electron chi connectivity index (χ4n) is 2.70. The largest absolute Gasteiger partial charge is 0.476 e. The van der Waals surface area contributed by atoms with Crippen LogP contribution in [0, 0.1) is 0 Å². The van der Waals surface area contributed by atoms with Crippen molar-refractivity contribution in [1.82, 2.24) is 4.98 Å². The van der Waals surface area contributed by atoms with Crippen LogP contribution in [0.2, 0.25) is 0 Å². The summed E-state index contributed by atoms with van der Waals surface area (Å²) in [5.74, 6) is -0.993. The fraction of sp³-hybridized carbons (Fsp3) is 0.500. The molecule has 0 atom stereocenters. The Hall–Kier alpha value is -1.98. The molecule has 6 nitrogen and oxygen atoms in total. The number of carbonyl (C=O) groups excluding carboxylic acids is 1. The van der Waals surface area contributed by atoms with Crippen LogP contribution in [0.3, 0.4) is 0 Å². The van der Waals surface area contributed by atoms with Crippen LogP contribution in [0.5, 0.6) is 5.75 Å². The van der Waals surface area contributed by atoms with Crippen LogP contribution in [-0.2, 0) is 4.79 Å². The number of aromatic carboxylic acids is 1. The zero-order valence-corrected chi connectivity index (χ0v) is 9.78. The van der Waals surface area contributed by atoms with E-state index in [1.807, 2.05) is 0 Å². The number of carboxylic acids is 1. The Morgan fingerprint density at radius 1 is 1.33 bits per heavy atom. The monoisotopic (exact) mass is 250 g/mol. The third-order valence-corrected chi connectivity index (χ3v) is 3.67. The molecule has 2 aliphatic rings. The minimum Gasteiger partial charge on any atom is -0.476 e. The van der Waals surface area contributed by atoms with E-state index in [0.717, 1.165) is 19.3 Å². The van der Waals surface area contributed by atoms with Crippen molar-refractivity contribution in [3.05, 3.63) is 11.9 Å². The summed E-state index contributed by atoms with van der Waals surface area (Å²) in [6.07, 6.45) is 5.67. The van der Waals surface area contributed by atoms with Crippen LogP contribution < -0.4 is 10.1 Å². The first-order valence-corrected chi connectivity index (χ1v) is 6.07. The van der Waals surface area contributed by atoms with Crippen LogP contribution in [-0.4, -0.2) is 27.6 Å². The van der Waals surface area contributed by atoms with Gasteiger partial charge in [-0.05, 0) is 25.7 Å². The zero-order valence-electron chi connectivity index (χ0n) is 9.78. The number of anilines is 1. The highest BCUT2D eigenvalue weighted by Gasteiger charge is 2.46. The van der Waals surface area contributed by atoms with E-state index in [4.69, 9.17) is 9.84 Å². The Balaban J connectivity index is 2.00. The van der Waals surface area contributed by atoms with E-state index in [9.17, 15) is 9.59 Å². The predicted octanol–water partition coefficient (Wildman–Crippen LogP) is 1.75. The van der Waals surface area contributed by atoms with Gasteiger partial charge in [0.05, 0.1) is 0 Å². The fourth-order valence-corrected chi connectivity index (χ4v) is 2.70. The summed E-state index contributed by atoms with van der Waals surface area (Å²) in [7, 11) is 0. The highest BCUT2D eigenvalue weighted by atomic mass is 16.5. The van der Waals surface area contributed by atoms with Gasteiger partial charge in [0.15, 0.2) is 17.0 Å². The molecule has 0 aromatic carbocycles. The smallest absolute Gasteiger partial charge is 0.356 e. The van der Waals surface area contributed by atoms with Gasteiger partial charge in [0, 0.05) is 6.20 Å². The van der Waals surface area contributed by atoms with E-state index in [0.29, 0.717) is 18.5 Å². The number of fused-ring (bicyclic) bond motifs is 1. The number of ether oxygens (including phenoxy) is 1. The lowest BCUT2D eigenvalue weighted by Gasteiger charge is -2.39. The van der Waals surface area contributed by atoms with Crippen LogP contribution in [0.1, 0.15) is 42.6 Å². The van der Waals surface area contributed by atoms with Gasteiger partial charge < -0.3 is 20.1 Å². The first-order chi connectivity index (χ1) is 8.62. The van der Waals surface area contributed by atoms with Gasteiger partial charge in [0.25, 0.3) is 5.91 Å². The average molecular weight is 250 g/mol. The van der Waals surface area contributed by atoms with Crippen LogP contribution in [0.15, 0.2) is 6.20 Å². The Bertz CT molecular complexity index is 514. The number of carbonyl (C=O) groups is 2. The van der Waals surface area contributed by atoms with Gasteiger partial charge in [-0.25, -0.2) is 4.79 Å². The summed E-state index contributed by atoms with van der Waals surface area (Å²) in [5, 5.41) is 11.8. The van der Waals surface area contributed by atoms with Crippen LogP contribution in [0.4, 0.5) is 5.69 Å². The van der Waals surface area contributed by atoms with Crippen molar-refractivity contribution < 1.29 is 19.4 Å². The number of amides is 1. The lowest BCUT2D eigenvalue weighted by atomic mass is 9.83. The lowest BCUT2D eigenvalue weighted by Crippen LogP contribution is -2.52. The topological polar surface area (TPSA) is 91.4 Å². The predicted molar refractivity (Wildman–Crippen MR) is 62.8 cm³/mol. The standard InChI is InChI=1S/C12H14N2O4/c15-10(16)8-9-7(6-13-8)14-11(17)12(18-9)4-2-1-3-5-12/h6,13H,1-5H2,(H,14,17)(H,15,16). The Morgan fingerprint density at radius 2 is 2.06 bits per heavy atom. The van der Waals surface area contributed by atoms with Crippen molar-refractivity contribution in [2.24, 2.45) is 0 Å². The number of hydrogen-bond acceptors (Lipinski definition) is 3. The number of H-pyrrole nitrogens is 1. The number of aromatic amines is 1. The van der Waals surface area contributed by atoms with Crippen LogP contribution >= 0.6 is 0 Å². The minimum absolute atomic E-state index is 0.00468. The molecule has 1 saturated carbocycles. The minimum atomic E-state index is -1.08. The van der Waals surface area contributed by atoms with Gasteiger partial charge in [-0.2, -0.15) is 0 Å². The van der Waals surface area contributed by atoms with E-state index in [-0.39, 0.29) is 17.4 Å². The first kappa shape index (κ1) is 11.1. The van der Waals surface area contributed by atoms with Gasteiger partial charge in [0.1, 0.15) is 5.69 Å². The second kappa shape index (κ2) is 3.76. The number of aromatic nitrogens is 1. The maximum absolute atomic E-state index is 12.1. The van der Waals surface area contributed by atoms with E-state index in [2.05, 4.69) is 10.3 Å². The van der Waals surface area contributed by atoms with E-state index in [1.54, 1.807) is 0 Å². The van der Waals surface area contributed by atoms with Crippen molar-refractivity contribution >= 4 is 17.6 Å². The zero-order chi connectivity index (χ0) is 12.8. The molecule has 1 aromatic rings. The third kappa shape index (κ3) is 1.48. The summed E-state index contributed by atoms with van der Waals surface area (Å²) in [5.41, 5.74) is -0.471.